The first-order valence-corrected chi connectivity index (χ1v) is 10.6. The van der Waals surface area contributed by atoms with Crippen LogP contribution in [0.3, 0.4) is 0 Å². The van der Waals surface area contributed by atoms with Crippen LogP contribution in [0.15, 0.2) is 53.4 Å². The second kappa shape index (κ2) is 9.33. The summed E-state index contributed by atoms with van der Waals surface area (Å²) in [6, 6.07) is 13.6. The minimum atomic E-state index is -0.673. The summed E-state index contributed by atoms with van der Waals surface area (Å²) in [5.41, 5.74) is 1.77. The van der Waals surface area contributed by atoms with Gasteiger partial charge in [-0.1, -0.05) is 29.3 Å². The third-order valence-electron chi connectivity index (χ3n) is 4.57. The van der Waals surface area contributed by atoms with E-state index in [0.29, 0.717) is 23.0 Å². The zero-order valence-corrected chi connectivity index (χ0v) is 17.8. The number of urea groups is 1. The molecule has 29 heavy (non-hydrogen) atoms. The number of hydrogen-bond acceptors (Lipinski definition) is 4. The largest absolute Gasteiger partial charge is 0.354 e. The summed E-state index contributed by atoms with van der Waals surface area (Å²) >= 11 is 7.52. The quantitative estimate of drug-likeness (QED) is 0.412. The SMILES string of the molecule is Cc1ccc(SCCNC(=O)CN2C(=O)[C@H](C)N(c3ccc(Cl)cc3)C2=O)cc1. The molecule has 4 amide bonds. The Morgan fingerprint density at radius 1 is 1.10 bits per heavy atom. The van der Waals surface area contributed by atoms with Crippen molar-refractivity contribution in [1.29, 1.82) is 0 Å². The van der Waals surface area contributed by atoms with Gasteiger partial charge in [0, 0.05) is 27.9 Å². The smallest absolute Gasteiger partial charge is 0.332 e. The number of aryl methyl sites for hydroxylation is 1. The molecule has 2 aromatic carbocycles. The number of nitrogens with zero attached hydrogens (tertiary/aromatic N) is 2. The highest BCUT2D eigenvalue weighted by Crippen LogP contribution is 2.26. The Labute approximate surface area is 179 Å². The third-order valence-corrected chi connectivity index (χ3v) is 5.83. The maximum absolute atomic E-state index is 12.7. The Hall–Kier alpha value is -2.51. The predicted octanol–water partition coefficient (Wildman–Crippen LogP) is 3.71. The Kier molecular flexibility index (Phi) is 6.82. The van der Waals surface area contributed by atoms with E-state index < -0.39 is 18.0 Å². The molecule has 0 radical (unpaired) electrons. The fourth-order valence-electron chi connectivity index (χ4n) is 3.00. The van der Waals surface area contributed by atoms with Gasteiger partial charge in [0.15, 0.2) is 0 Å². The highest BCUT2D eigenvalue weighted by atomic mass is 35.5. The lowest BCUT2D eigenvalue weighted by atomic mass is 10.2. The zero-order chi connectivity index (χ0) is 21.0. The second-order valence-corrected chi connectivity index (χ2v) is 8.35. The zero-order valence-electron chi connectivity index (χ0n) is 16.2. The van der Waals surface area contributed by atoms with Crippen LogP contribution in [0.25, 0.3) is 0 Å². The van der Waals surface area contributed by atoms with E-state index in [4.69, 9.17) is 11.6 Å². The van der Waals surface area contributed by atoms with Gasteiger partial charge in [0.25, 0.3) is 5.91 Å². The molecule has 0 spiro atoms. The molecule has 0 unspecified atom stereocenters. The maximum atomic E-state index is 12.7. The summed E-state index contributed by atoms with van der Waals surface area (Å²) in [4.78, 5) is 40.9. The summed E-state index contributed by atoms with van der Waals surface area (Å²) in [6.07, 6.45) is 0. The molecule has 0 saturated carbocycles. The Bertz CT molecular complexity index is 902. The lowest BCUT2D eigenvalue weighted by Gasteiger charge is -2.19. The standard InChI is InChI=1S/C21H22ClN3O3S/c1-14-3-9-18(10-4-14)29-12-11-23-19(26)13-24-20(27)15(2)25(21(24)28)17-7-5-16(22)6-8-17/h3-10,15H,11-13H2,1-2H3,(H,23,26)/t15-/m0/s1. The van der Waals surface area contributed by atoms with E-state index >= 15 is 0 Å². The summed E-state index contributed by atoms with van der Waals surface area (Å²) in [6.45, 7) is 3.83. The summed E-state index contributed by atoms with van der Waals surface area (Å²) in [7, 11) is 0. The molecule has 1 heterocycles. The van der Waals surface area contributed by atoms with Crippen LogP contribution in [-0.4, -0.2) is 47.6 Å². The van der Waals surface area contributed by atoms with Gasteiger partial charge < -0.3 is 5.32 Å². The molecule has 6 nitrogen and oxygen atoms in total. The van der Waals surface area contributed by atoms with Gasteiger partial charge in [0.05, 0.1) is 0 Å². The monoisotopic (exact) mass is 431 g/mol. The highest BCUT2D eigenvalue weighted by Gasteiger charge is 2.43. The number of nitrogens with one attached hydrogen (secondary N) is 1. The van der Waals surface area contributed by atoms with Crippen molar-refractivity contribution in [2.75, 3.05) is 23.7 Å². The number of carbonyl (C=O) groups excluding carboxylic acids is 3. The molecule has 1 N–H and O–H groups in total. The summed E-state index contributed by atoms with van der Waals surface area (Å²) < 4.78 is 0. The van der Waals surface area contributed by atoms with Crippen molar-refractivity contribution in [2.45, 2.75) is 24.8 Å². The number of rotatable bonds is 7. The molecule has 3 rings (SSSR count). The first-order valence-electron chi connectivity index (χ1n) is 9.23. The molecule has 152 valence electrons. The van der Waals surface area contributed by atoms with Gasteiger partial charge in [-0.15, -0.1) is 11.8 Å². The van der Waals surface area contributed by atoms with Gasteiger partial charge >= 0.3 is 6.03 Å². The van der Waals surface area contributed by atoms with E-state index in [1.807, 2.05) is 31.2 Å². The van der Waals surface area contributed by atoms with E-state index in [1.54, 1.807) is 43.0 Å². The van der Waals surface area contributed by atoms with Crippen LogP contribution in [0.4, 0.5) is 10.5 Å². The number of anilines is 1. The molecular weight excluding hydrogens is 410 g/mol. The van der Waals surface area contributed by atoms with Crippen LogP contribution < -0.4 is 10.2 Å². The molecule has 0 aromatic heterocycles. The minimum absolute atomic E-state index is 0.290. The average molecular weight is 432 g/mol. The van der Waals surface area contributed by atoms with E-state index in [2.05, 4.69) is 5.32 Å². The molecule has 1 saturated heterocycles. The lowest BCUT2D eigenvalue weighted by molar-refractivity contribution is -0.131. The van der Waals surface area contributed by atoms with Crippen molar-refractivity contribution in [2.24, 2.45) is 0 Å². The number of halogens is 1. The first kappa shape index (κ1) is 21.2. The van der Waals surface area contributed by atoms with Crippen LogP contribution >= 0.6 is 23.4 Å². The van der Waals surface area contributed by atoms with E-state index in [-0.39, 0.29) is 12.5 Å². The van der Waals surface area contributed by atoms with Gasteiger partial charge in [-0.05, 0) is 50.2 Å². The number of benzene rings is 2. The number of hydrogen-bond donors (Lipinski definition) is 1. The van der Waals surface area contributed by atoms with Gasteiger partial charge in [-0.25, -0.2) is 4.79 Å². The molecule has 1 aliphatic rings. The van der Waals surface area contributed by atoms with Crippen molar-refractivity contribution in [3.63, 3.8) is 0 Å². The number of amides is 4. The predicted molar refractivity (Wildman–Crippen MR) is 115 cm³/mol. The molecule has 0 bridgehead atoms. The van der Waals surface area contributed by atoms with E-state index in [1.165, 1.54) is 10.5 Å². The summed E-state index contributed by atoms with van der Waals surface area (Å²) in [5.74, 6) is -0.0558. The van der Waals surface area contributed by atoms with Gasteiger partial charge in [-0.3, -0.25) is 19.4 Å². The van der Waals surface area contributed by atoms with Crippen molar-refractivity contribution in [3.05, 3.63) is 59.1 Å². The average Bonchev–Trinajstić information content (AvgIpc) is 2.91. The Morgan fingerprint density at radius 3 is 2.41 bits per heavy atom. The molecule has 8 heteroatoms. The fourth-order valence-corrected chi connectivity index (χ4v) is 3.89. The second-order valence-electron chi connectivity index (χ2n) is 6.74. The third kappa shape index (κ3) is 5.10. The Balaban J connectivity index is 1.51. The van der Waals surface area contributed by atoms with Crippen LogP contribution in [0.2, 0.25) is 5.02 Å². The number of imide groups is 1. The molecule has 1 fully saturated rings. The highest BCUT2D eigenvalue weighted by molar-refractivity contribution is 7.99. The number of thioether (sulfide) groups is 1. The minimum Gasteiger partial charge on any atom is -0.354 e. The van der Waals surface area contributed by atoms with Crippen molar-refractivity contribution in [1.82, 2.24) is 10.2 Å². The van der Waals surface area contributed by atoms with Crippen LogP contribution in [-0.2, 0) is 9.59 Å². The van der Waals surface area contributed by atoms with E-state index in [0.717, 1.165) is 9.80 Å². The molecule has 2 aromatic rings. The van der Waals surface area contributed by atoms with Crippen molar-refractivity contribution >= 4 is 46.9 Å². The topological polar surface area (TPSA) is 69.7 Å². The molecule has 1 atom stereocenters. The Morgan fingerprint density at radius 2 is 1.76 bits per heavy atom. The molecular formula is C21H22ClN3O3S. The van der Waals surface area contributed by atoms with Gasteiger partial charge in [-0.2, -0.15) is 0 Å². The lowest BCUT2D eigenvalue weighted by Crippen LogP contribution is -2.42. The first-order chi connectivity index (χ1) is 13.9. The van der Waals surface area contributed by atoms with Crippen LogP contribution in [0.1, 0.15) is 12.5 Å². The normalized spacial score (nSPS) is 16.4. The van der Waals surface area contributed by atoms with Gasteiger partial charge in [0.2, 0.25) is 5.91 Å². The summed E-state index contributed by atoms with van der Waals surface area (Å²) in [5, 5.41) is 3.31. The van der Waals surface area contributed by atoms with Crippen molar-refractivity contribution < 1.29 is 14.4 Å². The molecule has 1 aliphatic heterocycles. The van der Waals surface area contributed by atoms with E-state index in [9.17, 15) is 14.4 Å². The van der Waals surface area contributed by atoms with Crippen LogP contribution in [0.5, 0.6) is 0 Å². The maximum Gasteiger partial charge on any atom is 0.332 e. The van der Waals surface area contributed by atoms with Gasteiger partial charge in [0.1, 0.15) is 12.6 Å². The van der Waals surface area contributed by atoms with Crippen molar-refractivity contribution in [3.8, 4) is 0 Å². The molecule has 0 aliphatic carbocycles. The number of carbonyl (C=O) groups is 3. The fraction of sp³-hybridized carbons (Fsp3) is 0.286. The van der Waals surface area contributed by atoms with Crippen LogP contribution in [0, 0.1) is 6.92 Å².